The Morgan fingerprint density at radius 2 is 1.70 bits per heavy atom. The minimum absolute atomic E-state index is 0.216. The second-order valence-electron chi connectivity index (χ2n) is 7.87. The highest BCUT2D eigenvalue weighted by Gasteiger charge is 2.38. The standard InChI is InChI=1S/C25H28BrN3O4/c1-16-21(24(30)32-4)23(19-11-8-12-20(26)28-19)22(17(2)27-16)25(31)33-14-13-29(3)15-18-9-6-5-7-10-18/h5-12,23,27H,13-15H2,1-4H3. The maximum Gasteiger partial charge on any atom is 0.336 e. The van der Waals surface area contributed by atoms with Crippen LogP contribution in [0.2, 0.25) is 0 Å². The monoisotopic (exact) mass is 513 g/mol. The number of nitrogens with one attached hydrogen (secondary N) is 1. The quantitative estimate of drug-likeness (QED) is 0.423. The largest absolute Gasteiger partial charge is 0.466 e. The Hall–Kier alpha value is -2.97. The zero-order chi connectivity index (χ0) is 24.0. The van der Waals surface area contributed by atoms with Gasteiger partial charge in [0.25, 0.3) is 0 Å². The molecule has 0 bridgehead atoms. The van der Waals surface area contributed by atoms with Gasteiger partial charge in [-0.3, -0.25) is 4.90 Å². The number of carbonyl (C=O) groups excluding carboxylic acids is 2. The number of halogens is 1. The predicted octanol–water partition coefficient (Wildman–Crippen LogP) is 3.93. The van der Waals surface area contributed by atoms with Crippen molar-refractivity contribution in [2.75, 3.05) is 27.3 Å². The van der Waals surface area contributed by atoms with Gasteiger partial charge < -0.3 is 14.8 Å². The van der Waals surface area contributed by atoms with E-state index in [2.05, 4.69) is 43.3 Å². The first-order chi connectivity index (χ1) is 15.8. The van der Waals surface area contributed by atoms with Gasteiger partial charge in [-0.2, -0.15) is 0 Å². The zero-order valence-electron chi connectivity index (χ0n) is 19.2. The molecule has 2 aromatic rings. The molecular formula is C25H28BrN3O4. The number of esters is 2. The lowest BCUT2D eigenvalue weighted by Gasteiger charge is -2.29. The Morgan fingerprint density at radius 3 is 2.33 bits per heavy atom. The van der Waals surface area contributed by atoms with E-state index in [1.807, 2.05) is 31.3 Å². The summed E-state index contributed by atoms with van der Waals surface area (Å²) in [5, 5.41) is 3.13. The van der Waals surface area contributed by atoms with Crippen molar-refractivity contribution < 1.29 is 19.1 Å². The minimum Gasteiger partial charge on any atom is -0.466 e. The normalized spacial score (nSPS) is 16.0. The number of allylic oxidation sites excluding steroid dienone is 2. The number of hydrogen-bond donors (Lipinski definition) is 1. The minimum atomic E-state index is -0.703. The summed E-state index contributed by atoms with van der Waals surface area (Å²) in [6.07, 6.45) is 0. The number of benzene rings is 1. The molecule has 8 heteroatoms. The van der Waals surface area contributed by atoms with Crippen molar-refractivity contribution in [2.24, 2.45) is 0 Å². The molecule has 1 aromatic carbocycles. The van der Waals surface area contributed by atoms with Crippen molar-refractivity contribution in [1.29, 1.82) is 0 Å². The number of pyridine rings is 1. The van der Waals surface area contributed by atoms with Crippen LogP contribution in [-0.2, 0) is 25.6 Å². The fourth-order valence-electron chi connectivity index (χ4n) is 3.87. The molecule has 0 radical (unpaired) electrons. The van der Waals surface area contributed by atoms with E-state index in [0.29, 0.717) is 39.4 Å². The van der Waals surface area contributed by atoms with Crippen LogP contribution < -0.4 is 5.32 Å². The molecule has 33 heavy (non-hydrogen) atoms. The number of carbonyl (C=O) groups is 2. The summed E-state index contributed by atoms with van der Waals surface area (Å²) in [6, 6.07) is 15.5. The maximum atomic E-state index is 13.2. The Kier molecular flexibility index (Phi) is 8.41. The van der Waals surface area contributed by atoms with Crippen molar-refractivity contribution in [1.82, 2.24) is 15.2 Å². The van der Waals surface area contributed by atoms with Gasteiger partial charge >= 0.3 is 11.9 Å². The van der Waals surface area contributed by atoms with Crippen LogP contribution in [0.1, 0.15) is 31.0 Å². The van der Waals surface area contributed by atoms with E-state index >= 15 is 0 Å². The van der Waals surface area contributed by atoms with Crippen LogP contribution in [0.4, 0.5) is 0 Å². The van der Waals surface area contributed by atoms with Gasteiger partial charge in [0.1, 0.15) is 11.2 Å². The van der Waals surface area contributed by atoms with Crippen LogP contribution >= 0.6 is 15.9 Å². The molecule has 1 aliphatic heterocycles. The van der Waals surface area contributed by atoms with Crippen LogP contribution in [-0.4, -0.2) is 49.1 Å². The Bertz CT molecular complexity index is 1080. The van der Waals surface area contributed by atoms with E-state index < -0.39 is 17.9 Å². The number of hydrogen-bond acceptors (Lipinski definition) is 7. The topological polar surface area (TPSA) is 80.8 Å². The molecule has 0 saturated heterocycles. The number of ether oxygens (including phenoxy) is 2. The number of nitrogens with zero attached hydrogens (tertiary/aromatic N) is 2. The highest BCUT2D eigenvalue weighted by molar-refractivity contribution is 9.10. The molecule has 1 atom stereocenters. The molecule has 1 aromatic heterocycles. The van der Waals surface area contributed by atoms with Gasteiger partial charge in [-0.1, -0.05) is 36.4 Å². The number of aromatic nitrogens is 1. The number of methoxy groups -OCH3 is 1. The first-order valence-corrected chi connectivity index (χ1v) is 11.4. The van der Waals surface area contributed by atoms with Crippen LogP contribution in [0, 0.1) is 0 Å². The molecule has 1 unspecified atom stereocenters. The molecule has 0 spiro atoms. The molecule has 0 saturated carbocycles. The van der Waals surface area contributed by atoms with Crippen LogP contribution in [0.5, 0.6) is 0 Å². The van der Waals surface area contributed by atoms with Crippen molar-refractivity contribution in [3.05, 3.63) is 86.9 Å². The Balaban J connectivity index is 1.79. The van der Waals surface area contributed by atoms with Gasteiger partial charge in [-0.15, -0.1) is 0 Å². The second-order valence-corrected chi connectivity index (χ2v) is 8.68. The molecule has 1 aliphatic rings. The van der Waals surface area contributed by atoms with Crippen LogP contribution in [0.3, 0.4) is 0 Å². The molecule has 2 heterocycles. The summed E-state index contributed by atoms with van der Waals surface area (Å²) in [7, 11) is 3.29. The Labute approximate surface area is 202 Å². The Morgan fingerprint density at radius 1 is 1.03 bits per heavy atom. The van der Waals surface area contributed by atoms with E-state index in [0.717, 1.165) is 6.54 Å². The van der Waals surface area contributed by atoms with E-state index in [1.165, 1.54) is 12.7 Å². The van der Waals surface area contributed by atoms with Gasteiger partial charge in [0.05, 0.1) is 29.9 Å². The second kappa shape index (κ2) is 11.2. The van der Waals surface area contributed by atoms with Crippen molar-refractivity contribution in [3.63, 3.8) is 0 Å². The summed E-state index contributed by atoms with van der Waals surface area (Å²) < 4.78 is 11.3. The smallest absolute Gasteiger partial charge is 0.336 e. The summed E-state index contributed by atoms with van der Waals surface area (Å²) >= 11 is 3.38. The summed E-state index contributed by atoms with van der Waals surface area (Å²) in [5.41, 5.74) is 3.66. The third kappa shape index (κ3) is 6.09. The molecule has 0 aliphatic carbocycles. The number of likely N-dealkylation sites (N-methyl/N-ethyl adjacent to an activating group) is 1. The average molecular weight is 514 g/mol. The third-order valence-corrected chi connectivity index (χ3v) is 5.86. The van der Waals surface area contributed by atoms with Crippen LogP contribution in [0.15, 0.2) is 75.7 Å². The summed E-state index contributed by atoms with van der Waals surface area (Å²) in [4.78, 5) is 32.5. The lowest BCUT2D eigenvalue weighted by molar-refractivity contribution is -0.139. The number of rotatable bonds is 8. The molecule has 174 valence electrons. The molecule has 0 amide bonds. The van der Waals surface area contributed by atoms with Gasteiger partial charge in [0.15, 0.2) is 0 Å². The fraction of sp³-hybridized carbons (Fsp3) is 0.320. The molecule has 1 N–H and O–H groups in total. The van der Waals surface area contributed by atoms with Gasteiger partial charge in [-0.25, -0.2) is 14.6 Å². The van der Waals surface area contributed by atoms with Gasteiger partial charge in [0, 0.05) is 24.5 Å². The van der Waals surface area contributed by atoms with E-state index in [4.69, 9.17) is 9.47 Å². The summed E-state index contributed by atoms with van der Waals surface area (Å²) in [5.74, 6) is -1.72. The molecule has 3 rings (SSSR count). The van der Waals surface area contributed by atoms with Crippen molar-refractivity contribution in [2.45, 2.75) is 26.3 Å². The fourth-order valence-corrected chi connectivity index (χ4v) is 4.23. The number of dihydropyridines is 1. The first kappa shape index (κ1) is 24.7. The van der Waals surface area contributed by atoms with Crippen LogP contribution in [0.25, 0.3) is 0 Å². The molecule has 0 fully saturated rings. The lowest BCUT2D eigenvalue weighted by Crippen LogP contribution is -2.33. The zero-order valence-corrected chi connectivity index (χ0v) is 20.8. The first-order valence-electron chi connectivity index (χ1n) is 10.6. The maximum absolute atomic E-state index is 13.2. The molecule has 7 nitrogen and oxygen atoms in total. The SMILES string of the molecule is COC(=O)C1=C(C)NC(C)=C(C(=O)OCCN(C)Cc2ccccc2)C1c1cccc(Br)n1. The van der Waals surface area contributed by atoms with Crippen molar-refractivity contribution in [3.8, 4) is 0 Å². The third-order valence-electron chi connectivity index (χ3n) is 5.42. The van der Waals surface area contributed by atoms with E-state index in [9.17, 15) is 9.59 Å². The van der Waals surface area contributed by atoms with Gasteiger partial charge in [-0.05, 0) is 54.5 Å². The highest BCUT2D eigenvalue weighted by Crippen LogP contribution is 2.38. The van der Waals surface area contributed by atoms with Crippen molar-refractivity contribution >= 4 is 27.9 Å². The van der Waals surface area contributed by atoms with E-state index in [1.54, 1.807) is 26.0 Å². The summed E-state index contributed by atoms with van der Waals surface area (Å²) in [6.45, 7) is 5.11. The highest BCUT2D eigenvalue weighted by atomic mass is 79.9. The lowest BCUT2D eigenvalue weighted by atomic mass is 9.83. The average Bonchev–Trinajstić information content (AvgIpc) is 2.78. The van der Waals surface area contributed by atoms with Gasteiger partial charge in [0.2, 0.25) is 0 Å². The molecular weight excluding hydrogens is 486 g/mol. The predicted molar refractivity (Wildman–Crippen MR) is 129 cm³/mol. The van der Waals surface area contributed by atoms with E-state index in [-0.39, 0.29) is 6.61 Å².